The third kappa shape index (κ3) is 3.56. The number of nitrogens with one attached hydrogen (secondary N) is 1. The number of ether oxygens (including phenoxy) is 1. The number of piperidine rings is 1. The molecule has 5 nitrogen and oxygen atoms in total. The van der Waals surface area contributed by atoms with Crippen LogP contribution < -0.4 is 10.1 Å². The van der Waals surface area contributed by atoms with Gasteiger partial charge in [0.05, 0.1) is 6.20 Å². The first kappa shape index (κ1) is 16.2. The van der Waals surface area contributed by atoms with Crippen molar-refractivity contribution in [1.82, 2.24) is 9.88 Å². The first-order valence-corrected chi connectivity index (χ1v) is 8.98. The van der Waals surface area contributed by atoms with Gasteiger partial charge in [0.15, 0.2) is 0 Å². The molecule has 2 fully saturated rings. The lowest BCUT2D eigenvalue weighted by atomic mass is 10.00. The molecule has 3 heterocycles. The number of halogens is 1. The average Bonchev–Trinajstić information content (AvgIpc) is 2.89. The van der Waals surface area contributed by atoms with Crippen LogP contribution in [0.4, 0.5) is 10.5 Å². The highest BCUT2D eigenvalue weighted by Crippen LogP contribution is 2.37. The second-order valence-corrected chi connectivity index (χ2v) is 7.07. The molecule has 0 saturated carbocycles. The molecule has 4 rings (SSSR count). The van der Waals surface area contributed by atoms with E-state index in [-0.39, 0.29) is 24.2 Å². The van der Waals surface area contributed by atoms with E-state index in [9.17, 15) is 4.79 Å². The number of nitrogens with zero attached hydrogens (tertiary/aromatic N) is 2. The third-order valence-electron chi connectivity index (χ3n) is 4.96. The minimum absolute atomic E-state index is 0.0327. The Morgan fingerprint density at radius 2 is 1.88 bits per heavy atom. The summed E-state index contributed by atoms with van der Waals surface area (Å²) in [6.45, 7) is 0. The highest BCUT2D eigenvalue weighted by molar-refractivity contribution is 6.30. The largest absolute Gasteiger partial charge is 0.489 e. The van der Waals surface area contributed by atoms with Gasteiger partial charge in [0.2, 0.25) is 0 Å². The predicted molar refractivity (Wildman–Crippen MR) is 97.0 cm³/mol. The molecular weight excluding hydrogens is 338 g/mol. The number of benzene rings is 1. The Morgan fingerprint density at radius 1 is 1.16 bits per heavy atom. The van der Waals surface area contributed by atoms with Crippen molar-refractivity contribution in [2.45, 2.75) is 43.9 Å². The van der Waals surface area contributed by atoms with Gasteiger partial charge in [0.25, 0.3) is 0 Å². The Kier molecular flexibility index (Phi) is 4.49. The molecule has 2 unspecified atom stereocenters. The van der Waals surface area contributed by atoms with Crippen molar-refractivity contribution in [2.24, 2.45) is 0 Å². The van der Waals surface area contributed by atoms with E-state index in [1.54, 1.807) is 24.5 Å². The normalized spacial score (nSPS) is 24.8. The molecule has 2 bridgehead atoms. The Morgan fingerprint density at radius 3 is 2.52 bits per heavy atom. The number of anilines is 1. The lowest BCUT2D eigenvalue weighted by Crippen LogP contribution is -2.50. The van der Waals surface area contributed by atoms with Crippen LogP contribution in [0.15, 0.2) is 48.8 Å². The van der Waals surface area contributed by atoms with Gasteiger partial charge in [-0.05, 0) is 49.2 Å². The summed E-state index contributed by atoms with van der Waals surface area (Å²) in [5.74, 6) is 0.797. The van der Waals surface area contributed by atoms with E-state index in [4.69, 9.17) is 16.3 Å². The average molecular weight is 358 g/mol. The summed E-state index contributed by atoms with van der Waals surface area (Å²) in [5, 5.41) is 3.64. The number of amides is 2. The number of pyridine rings is 1. The van der Waals surface area contributed by atoms with Crippen molar-refractivity contribution in [2.75, 3.05) is 5.32 Å². The SMILES string of the molecule is O=C(Nc1ccc(Cl)cc1)N1C2CCC1CC(Oc1cccnc1)C2. The van der Waals surface area contributed by atoms with Crippen molar-refractivity contribution >= 4 is 23.3 Å². The summed E-state index contributed by atoms with van der Waals surface area (Å²) in [4.78, 5) is 18.8. The number of carbonyl (C=O) groups is 1. The van der Waals surface area contributed by atoms with Crippen molar-refractivity contribution < 1.29 is 9.53 Å². The lowest BCUT2D eigenvalue weighted by Gasteiger charge is -2.38. The third-order valence-corrected chi connectivity index (χ3v) is 5.21. The van der Waals surface area contributed by atoms with Gasteiger partial charge in [0, 0.05) is 41.8 Å². The zero-order chi connectivity index (χ0) is 17.2. The Hall–Kier alpha value is -2.27. The van der Waals surface area contributed by atoms with Crippen LogP contribution in [0.2, 0.25) is 5.02 Å². The Labute approximate surface area is 152 Å². The molecular formula is C19H20ClN3O2. The quantitative estimate of drug-likeness (QED) is 0.888. The van der Waals surface area contributed by atoms with E-state index in [2.05, 4.69) is 10.3 Å². The molecule has 1 aromatic carbocycles. The van der Waals surface area contributed by atoms with Crippen molar-refractivity contribution in [1.29, 1.82) is 0 Å². The number of rotatable bonds is 3. The van der Waals surface area contributed by atoms with E-state index >= 15 is 0 Å². The predicted octanol–water partition coefficient (Wildman–Crippen LogP) is 4.34. The van der Waals surface area contributed by atoms with Crippen LogP contribution in [0, 0.1) is 0 Å². The van der Waals surface area contributed by atoms with E-state index in [1.165, 1.54) is 0 Å². The number of urea groups is 1. The first-order valence-electron chi connectivity index (χ1n) is 8.60. The second kappa shape index (κ2) is 6.92. The topological polar surface area (TPSA) is 54.5 Å². The minimum atomic E-state index is -0.0327. The van der Waals surface area contributed by atoms with Gasteiger partial charge in [-0.25, -0.2) is 4.79 Å². The summed E-state index contributed by atoms with van der Waals surface area (Å²) in [6, 6.07) is 11.4. The maximum absolute atomic E-state index is 12.7. The number of fused-ring (bicyclic) bond motifs is 2. The maximum atomic E-state index is 12.7. The van der Waals surface area contributed by atoms with Crippen LogP contribution in [0.25, 0.3) is 0 Å². The molecule has 2 atom stereocenters. The second-order valence-electron chi connectivity index (χ2n) is 6.63. The molecule has 2 aliphatic heterocycles. The lowest BCUT2D eigenvalue weighted by molar-refractivity contribution is 0.0730. The van der Waals surface area contributed by atoms with Gasteiger partial charge in [-0.1, -0.05) is 11.6 Å². The van der Waals surface area contributed by atoms with E-state index < -0.39 is 0 Å². The smallest absolute Gasteiger partial charge is 0.322 e. The fourth-order valence-corrected chi connectivity index (χ4v) is 4.01. The van der Waals surface area contributed by atoms with E-state index in [0.29, 0.717) is 5.02 Å². The minimum Gasteiger partial charge on any atom is -0.489 e. The van der Waals surface area contributed by atoms with Crippen molar-refractivity contribution in [3.8, 4) is 5.75 Å². The molecule has 2 amide bonds. The molecule has 130 valence electrons. The van der Waals surface area contributed by atoms with Crippen molar-refractivity contribution in [3.63, 3.8) is 0 Å². The summed E-state index contributed by atoms with van der Waals surface area (Å²) in [7, 11) is 0. The summed E-state index contributed by atoms with van der Waals surface area (Å²) in [5.41, 5.74) is 0.766. The standard InChI is InChI=1S/C19H20ClN3O2/c20-13-3-5-14(6-4-13)22-19(24)23-15-7-8-16(23)11-18(10-15)25-17-2-1-9-21-12-17/h1-6,9,12,15-16,18H,7-8,10-11H2,(H,22,24). The monoisotopic (exact) mass is 357 g/mol. The highest BCUT2D eigenvalue weighted by Gasteiger charge is 2.44. The maximum Gasteiger partial charge on any atom is 0.322 e. The molecule has 2 saturated heterocycles. The molecule has 6 heteroatoms. The summed E-state index contributed by atoms with van der Waals surface area (Å²) < 4.78 is 6.06. The van der Waals surface area contributed by atoms with Crippen LogP contribution in [0.1, 0.15) is 25.7 Å². The van der Waals surface area contributed by atoms with Crippen LogP contribution in [0.3, 0.4) is 0 Å². The zero-order valence-electron chi connectivity index (χ0n) is 13.8. The van der Waals surface area contributed by atoms with E-state index in [1.807, 2.05) is 29.2 Å². The molecule has 1 N–H and O–H groups in total. The first-order chi connectivity index (χ1) is 12.2. The van der Waals surface area contributed by atoms with Crippen LogP contribution >= 0.6 is 11.6 Å². The number of hydrogen-bond acceptors (Lipinski definition) is 3. The molecule has 0 radical (unpaired) electrons. The molecule has 1 aromatic heterocycles. The van der Waals surface area contributed by atoms with Gasteiger partial charge in [0.1, 0.15) is 11.9 Å². The molecule has 25 heavy (non-hydrogen) atoms. The fourth-order valence-electron chi connectivity index (χ4n) is 3.89. The van der Waals surface area contributed by atoms with Gasteiger partial charge >= 0.3 is 6.03 Å². The number of carbonyl (C=O) groups excluding carboxylic acids is 1. The summed E-state index contributed by atoms with van der Waals surface area (Å²) >= 11 is 5.89. The zero-order valence-corrected chi connectivity index (χ0v) is 14.5. The molecule has 0 spiro atoms. The van der Waals surface area contributed by atoms with Crippen molar-refractivity contribution in [3.05, 3.63) is 53.8 Å². The Balaban J connectivity index is 1.40. The van der Waals surface area contributed by atoms with Crippen LogP contribution in [-0.4, -0.2) is 34.1 Å². The number of aromatic nitrogens is 1. The van der Waals surface area contributed by atoms with Gasteiger partial charge < -0.3 is 15.0 Å². The fraction of sp³-hybridized carbons (Fsp3) is 0.368. The molecule has 2 aromatic rings. The van der Waals surface area contributed by atoms with Gasteiger partial charge in [-0.2, -0.15) is 0 Å². The summed E-state index contributed by atoms with van der Waals surface area (Å²) in [6.07, 6.45) is 7.40. The van der Waals surface area contributed by atoms with Crippen LogP contribution in [0.5, 0.6) is 5.75 Å². The molecule has 0 aliphatic carbocycles. The Bertz CT molecular complexity index is 724. The van der Waals surface area contributed by atoms with Gasteiger partial charge in [-0.15, -0.1) is 0 Å². The number of hydrogen-bond donors (Lipinski definition) is 1. The highest BCUT2D eigenvalue weighted by atomic mass is 35.5. The van der Waals surface area contributed by atoms with Gasteiger partial charge in [-0.3, -0.25) is 4.98 Å². The molecule has 2 aliphatic rings. The van der Waals surface area contributed by atoms with Crippen LogP contribution in [-0.2, 0) is 0 Å². The van der Waals surface area contributed by atoms with E-state index in [0.717, 1.165) is 37.1 Å².